The predicted molar refractivity (Wildman–Crippen MR) is 112 cm³/mol. The quantitative estimate of drug-likeness (QED) is 0.606. The van der Waals surface area contributed by atoms with E-state index in [0.29, 0.717) is 18.1 Å². The molecule has 28 heavy (non-hydrogen) atoms. The van der Waals surface area contributed by atoms with Gasteiger partial charge in [0.05, 0.1) is 0 Å². The molecule has 2 unspecified atom stereocenters. The van der Waals surface area contributed by atoms with E-state index in [2.05, 4.69) is 26.6 Å². The molecule has 148 valence electrons. The number of benzene rings is 2. The molecule has 0 saturated carbocycles. The minimum Gasteiger partial charge on any atom is -0.368 e. The first-order chi connectivity index (χ1) is 13.6. The number of anilines is 2. The first-order valence-electron chi connectivity index (χ1n) is 9.17. The van der Waals surface area contributed by atoms with Crippen LogP contribution in [0.4, 0.5) is 11.4 Å². The Hall–Kier alpha value is -2.03. The van der Waals surface area contributed by atoms with Gasteiger partial charge >= 0.3 is 0 Å². The van der Waals surface area contributed by atoms with E-state index in [9.17, 15) is 4.79 Å². The number of amides is 1. The van der Waals surface area contributed by atoms with Gasteiger partial charge in [-0.05, 0) is 42.5 Å². The molecular formula is C19H22Cl2N6O. The highest BCUT2D eigenvalue weighted by atomic mass is 35.5. The monoisotopic (exact) mass is 420 g/mol. The van der Waals surface area contributed by atoms with E-state index in [1.165, 1.54) is 0 Å². The maximum absolute atomic E-state index is 13.0. The van der Waals surface area contributed by atoms with E-state index in [1.807, 2.05) is 53.4 Å². The lowest BCUT2D eigenvalue weighted by Crippen LogP contribution is -2.57. The summed E-state index contributed by atoms with van der Waals surface area (Å²) < 4.78 is 0. The van der Waals surface area contributed by atoms with Gasteiger partial charge < -0.3 is 15.1 Å². The topological polar surface area (TPSA) is 71.7 Å². The Bertz CT molecular complexity index is 825. The van der Waals surface area contributed by atoms with Crippen LogP contribution in [0.1, 0.15) is 0 Å². The summed E-state index contributed by atoms with van der Waals surface area (Å²) in [6.07, 6.45) is -0.278. The Morgan fingerprint density at radius 1 is 0.964 bits per heavy atom. The van der Waals surface area contributed by atoms with Crippen molar-refractivity contribution in [2.24, 2.45) is 0 Å². The maximum atomic E-state index is 13.0. The standard InChI is InChI=1S/C19H22Cl2N6O/c20-13-4-6-15(7-5-13)22-18-17(23-25-24-18)19(28)27-10-8-26(9-11-27)16-3-1-2-14(21)12-16/h1-7,12,17-18,22-25H,8-11H2. The van der Waals surface area contributed by atoms with Gasteiger partial charge in [0.1, 0.15) is 12.2 Å². The van der Waals surface area contributed by atoms with Gasteiger partial charge in [-0.2, -0.15) is 5.53 Å². The molecule has 4 N–H and O–H groups in total. The molecule has 0 bridgehead atoms. The lowest BCUT2D eigenvalue weighted by atomic mass is 10.1. The van der Waals surface area contributed by atoms with Crippen LogP contribution < -0.4 is 26.6 Å². The summed E-state index contributed by atoms with van der Waals surface area (Å²) in [6, 6.07) is 14.8. The van der Waals surface area contributed by atoms with Gasteiger partial charge in [0, 0.05) is 47.6 Å². The third-order valence-corrected chi connectivity index (χ3v) is 5.47. The van der Waals surface area contributed by atoms with Gasteiger partial charge in [-0.25, -0.2) is 10.9 Å². The number of nitrogens with one attached hydrogen (secondary N) is 4. The van der Waals surface area contributed by atoms with E-state index < -0.39 is 6.04 Å². The fourth-order valence-electron chi connectivity index (χ4n) is 3.47. The minimum atomic E-state index is -0.423. The average Bonchev–Trinajstić information content (AvgIpc) is 3.17. The first kappa shape index (κ1) is 19.3. The summed E-state index contributed by atoms with van der Waals surface area (Å²) in [7, 11) is 0. The van der Waals surface area contributed by atoms with Gasteiger partial charge in [-0.3, -0.25) is 4.79 Å². The number of carbonyl (C=O) groups is 1. The van der Waals surface area contributed by atoms with Crippen LogP contribution in [-0.4, -0.2) is 49.2 Å². The molecule has 2 saturated heterocycles. The number of piperazine rings is 1. The van der Waals surface area contributed by atoms with Crippen LogP contribution >= 0.6 is 23.2 Å². The largest absolute Gasteiger partial charge is 0.368 e. The fourth-order valence-corrected chi connectivity index (χ4v) is 3.78. The normalized spacial score (nSPS) is 22.4. The van der Waals surface area contributed by atoms with Crippen molar-refractivity contribution in [1.29, 1.82) is 0 Å². The number of carbonyl (C=O) groups excluding carboxylic acids is 1. The van der Waals surface area contributed by atoms with Crippen molar-refractivity contribution >= 4 is 40.5 Å². The van der Waals surface area contributed by atoms with Crippen molar-refractivity contribution < 1.29 is 4.79 Å². The zero-order valence-electron chi connectivity index (χ0n) is 15.2. The zero-order valence-corrected chi connectivity index (χ0v) is 16.7. The molecule has 0 radical (unpaired) electrons. The molecule has 2 aromatic rings. The summed E-state index contributed by atoms with van der Waals surface area (Å²) in [4.78, 5) is 17.2. The lowest BCUT2D eigenvalue weighted by molar-refractivity contribution is -0.133. The van der Waals surface area contributed by atoms with Crippen LogP contribution in [0.15, 0.2) is 48.5 Å². The van der Waals surface area contributed by atoms with Gasteiger partial charge in [-0.15, -0.1) is 0 Å². The van der Waals surface area contributed by atoms with E-state index in [0.717, 1.165) is 29.5 Å². The van der Waals surface area contributed by atoms with Gasteiger partial charge in [0.2, 0.25) is 5.91 Å². The van der Waals surface area contributed by atoms with Gasteiger partial charge in [0.15, 0.2) is 0 Å². The molecule has 2 aromatic carbocycles. The molecular weight excluding hydrogens is 399 g/mol. The van der Waals surface area contributed by atoms with Crippen molar-refractivity contribution in [2.75, 3.05) is 36.4 Å². The highest BCUT2D eigenvalue weighted by molar-refractivity contribution is 6.31. The SMILES string of the molecule is O=C(C1NNNC1Nc1ccc(Cl)cc1)N1CCN(c2cccc(Cl)c2)CC1. The molecule has 2 aliphatic heterocycles. The van der Waals surface area contributed by atoms with Crippen LogP contribution in [0.2, 0.25) is 10.0 Å². The summed E-state index contributed by atoms with van der Waals surface area (Å²) in [5.41, 5.74) is 10.9. The minimum absolute atomic E-state index is 0.0507. The van der Waals surface area contributed by atoms with Gasteiger partial charge in [0.25, 0.3) is 0 Å². The number of halogens is 2. The van der Waals surface area contributed by atoms with Crippen LogP contribution in [0, 0.1) is 0 Å². The molecule has 0 aliphatic carbocycles. The van der Waals surface area contributed by atoms with Crippen molar-refractivity contribution in [3.63, 3.8) is 0 Å². The fraction of sp³-hybridized carbons (Fsp3) is 0.316. The van der Waals surface area contributed by atoms with Crippen molar-refractivity contribution in [1.82, 2.24) is 21.3 Å². The number of hydrogen-bond acceptors (Lipinski definition) is 6. The second-order valence-electron chi connectivity index (χ2n) is 6.81. The summed E-state index contributed by atoms with van der Waals surface area (Å²) in [5.74, 6) is 0.0507. The Balaban J connectivity index is 1.35. The van der Waals surface area contributed by atoms with Crippen LogP contribution in [0.25, 0.3) is 0 Å². The Labute approximate surface area is 173 Å². The van der Waals surface area contributed by atoms with E-state index in [-0.39, 0.29) is 12.1 Å². The molecule has 0 spiro atoms. The summed E-state index contributed by atoms with van der Waals surface area (Å²) >= 11 is 12.0. The number of nitrogens with zero attached hydrogens (tertiary/aromatic N) is 2. The Morgan fingerprint density at radius 3 is 2.43 bits per heavy atom. The van der Waals surface area contributed by atoms with Crippen LogP contribution in [0.3, 0.4) is 0 Å². The number of rotatable bonds is 4. The Kier molecular flexibility index (Phi) is 5.89. The number of hydrogen-bond donors (Lipinski definition) is 4. The van der Waals surface area contributed by atoms with E-state index in [1.54, 1.807) is 0 Å². The van der Waals surface area contributed by atoms with Crippen LogP contribution in [-0.2, 0) is 4.79 Å². The molecule has 9 heteroatoms. The molecule has 2 atom stereocenters. The molecule has 2 heterocycles. The molecule has 2 aliphatic rings. The van der Waals surface area contributed by atoms with E-state index in [4.69, 9.17) is 23.2 Å². The maximum Gasteiger partial charge on any atom is 0.244 e. The van der Waals surface area contributed by atoms with Gasteiger partial charge in [-0.1, -0.05) is 29.3 Å². The second kappa shape index (κ2) is 8.55. The van der Waals surface area contributed by atoms with E-state index >= 15 is 0 Å². The highest BCUT2D eigenvalue weighted by Gasteiger charge is 2.36. The van der Waals surface area contributed by atoms with Crippen molar-refractivity contribution in [3.05, 3.63) is 58.6 Å². The zero-order chi connectivity index (χ0) is 19.5. The first-order valence-corrected chi connectivity index (χ1v) is 9.93. The summed E-state index contributed by atoms with van der Waals surface area (Å²) in [6.45, 7) is 2.87. The average molecular weight is 421 g/mol. The smallest absolute Gasteiger partial charge is 0.244 e. The van der Waals surface area contributed by atoms with Crippen LogP contribution in [0.5, 0.6) is 0 Å². The molecule has 1 amide bonds. The third-order valence-electron chi connectivity index (χ3n) is 4.99. The molecule has 7 nitrogen and oxygen atoms in total. The lowest BCUT2D eigenvalue weighted by Gasteiger charge is -2.37. The van der Waals surface area contributed by atoms with Crippen molar-refractivity contribution in [3.8, 4) is 0 Å². The summed E-state index contributed by atoms with van der Waals surface area (Å²) in [5, 5.41) is 4.71. The third kappa shape index (κ3) is 4.34. The number of hydrazine groups is 2. The second-order valence-corrected chi connectivity index (χ2v) is 7.69. The van der Waals surface area contributed by atoms with Crippen molar-refractivity contribution in [2.45, 2.75) is 12.2 Å². The molecule has 2 fully saturated rings. The predicted octanol–water partition coefficient (Wildman–Crippen LogP) is 2.06. The molecule has 0 aromatic heterocycles. The molecule has 4 rings (SSSR count). The highest BCUT2D eigenvalue weighted by Crippen LogP contribution is 2.21. The Morgan fingerprint density at radius 2 is 1.71 bits per heavy atom.